The molecule has 0 spiro atoms. The third-order valence-corrected chi connectivity index (χ3v) is 4.56. The van der Waals surface area contributed by atoms with Gasteiger partial charge < -0.3 is 19.9 Å². The van der Waals surface area contributed by atoms with Crippen LogP contribution in [0.2, 0.25) is 0 Å². The SMILES string of the molecule is CC(NCC1(CO)COC1)c1ccccc1OCc1ccccc1. The average Bonchev–Trinajstić information content (AvgIpc) is 2.60. The second kappa shape index (κ2) is 7.79. The molecule has 0 aliphatic carbocycles. The number of rotatable bonds is 8. The molecular weight excluding hydrogens is 302 g/mol. The molecule has 2 aromatic carbocycles. The highest BCUT2D eigenvalue weighted by atomic mass is 16.5. The number of hydrogen-bond donors (Lipinski definition) is 2. The number of aliphatic hydroxyl groups excluding tert-OH is 1. The number of aliphatic hydroxyl groups is 1. The molecule has 1 saturated heterocycles. The lowest BCUT2D eigenvalue weighted by Crippen LogP contribution is -2.52. The fraction of sp³-hybridized carbons (Fsp3) is 0.400. The van der Waals surface area contributed by atoms with Crippen LogP contribution >= 0.6 is 0 Å². The summed E-state index contributed by atoms with van der Waals surface area (Å²) in [4.78, 5) is 0. The molecule has 4 heteroatoms. The van der Waals surface area contributed by atoms with Crippen LogP contribution in [0, 0.1) is 5.41 Å². The first-order valence-electron chi connectivity index (χ1n) is 8.40. The fourth-order valence-electron chi connectivity index (χ4n) is 2.82. The number of nitrogens with one attached hydrogen (secondary N) is 1. The first kappa shape index (κ1) is 17.0. The van der Waals surface area contributed by atoms with E-state index in [0.29, 0.717) is 19.8 Å². The van der Waals surface area contributed by atoms with Gasteiger partial charge in [0.05, 0.1) is 25.2 Å². The van der Waals surface area contributed by atoms with Crippen molar-refractivity contribution in [1.29, 1.82) is 0 Å². The zero-order chi connectivity index (χ0) is 16.8. The number of hydrogen-bond acceptors (Lipinski definition) is 4. The second-order valence-corrected chi connectivity index (χ2v) is 6.57. The second-order valence-electron chi connectivity index (χ2n) is 6.57. The van der Waals surface area contributed by atoms with Crippen molar-refractivity contribution in [2.75, 3.05) is 26.4 Å². The Bertz CT molecular complexity index is 635. The Kier molecular flexibility index (Phi) is 5.51. The van der Waals surface area contributed by atoms with E-state index in [1.54, 1.807) is 0 Å². The molecule has 0 radical (unpaired) electrons. The maximum Gasteiger partial charge on any atom is 0.124 e. The van der Waals surface area contributed by atoms with Gasteiger partial charge in [-0.1, -0.05) is 48.5 Å². The van der Waals surface area contributed by atoms with Crippen molar-refractivity contribution in [3.63, 3.8) is 0 Å². The van der Waals surface area contributed by atoms with Crippen molar-refractivity contribution < 1.29 is 14.6 Å². The molecule has 0 bridgehead atoms. The van der Waals surface area contributed by atoms with Crippen LogP contribution < -0.4 is 10.1 Å². The summed E-state index contributed by atoms with van der Waals surface area (Å²) in [5.74, 6) is 0.893. The van der Waals surface area contributed by atoms with Crippen molar-refractivity contribution >= 4 is 0 Å². The number of para-hydroxylation sites is 1. The topological polar surface area (TPSA) is 50.7 Å². The molecule has 1 aliphatic heterocycles. The van der Waals surface area contributed by atoms with Crippen molar-refractivity contribution in [3.8, 4) is 5.75 Å². The predicted molar refractivity (Wildman–Crippen MR) is 94.0 cm³/mol. The molecule has 4 nitrogen and oxygen atoms in total. The molecule has 24 heavy (non-hydrogen) atoms. The summed E-state index contributed by atoms with van der Waals surface area (Å²) in [5, 5.41) is 13.1. The van der Waals surface area contributed by atoms with Crippen molar-refractivity contribution in [1.82, 2.24) is 5.32 Å². The zero-order valence-corrected chi connectivity index (χ0v) is 14.1. The molecule has 1 heterocycles. The first-order valence-corrected chi connectivity index (χ1v) is 8.40. The lowest BCUT2D eigenvalue weighted by atomic mass is 9.86. The van der Waals surface area contributed by atoms with Gasteiger partial charge in [0.25, 0.3) is 0 Å². The van der Waals surface area contributed by atoms with Crippen LogP contribution in [0.25, 0.3) is 0 Å². The molecule has 1 aliphatic rings. The molecule has 1 fully saturated rings. The fourth-order valence-corrected chi connectivity index (χ4v) is 2.82. The Morgan fingerprint density at radius 1 is 1.12 bits per heavy atom. The van der Waals surface area contributed by atoms with E-state index >= 15 is 0 Å². The maximum atomic E-state index is 9.54. The van der Waals surface area contributed by atoms with E-state index in [-0.39, 0.29) is 18.1 Å². The van der Waals surface area contributed by atoms with Crippen LogP contribution in [0.5, 0.6) is 5.75 Å². The minimum Gasteiger partial charge on any atom is -0.489 e. The molecule has 128 valence electrons. The molecule has 0 amide bonds. The maximum absolute atomic E-state index is 9.54. The lowest BCUT2D eigenvalue weighted by Gasteiger charge is -2.40. The van der Waals surface area contributed by atoms with Gasteiger partial charge in [-0.2, -0.15) is 0 Å². The largest absolute Gasteiger partial charge is 0.489 e. The molecule has 2 aromatic rings. The summed E-state index contributed by atoms with van der Waals surface area (Å²) in [5.41, 5.74) is 2.15. The van der Waals surface area contributed by atoms with Gasteiger partial charge >= 0.3 is 0 Å². The molecule has 1 atom stereocenters. The summed E-state index contributed by atoms with van der Waals surface area (Å²) in [6, 6.07) is 18.4. The van der Waals surface area contributed by atoms with E-state index in [4.69, 9.17) is 9.47 Å². The summed E-state index contributed by atoms with van der Waals surface area (Å²) in [6.07, 6.45) is 0. The van der Waals surface area contributed by atoms with Crippen LogP contribution in [-0.2, 0) is 11.3 Å². The van der Waals surface area contributed by atoms with E-state index in [1.807, 2.05) is 36.4 Å². The predicted octanol–water partition coefficient (Wildman–Crippen LogP) is 2.93. The minimum atomic E-state index is -0.131. The van der Waals surface area contributed by atoms with Gasteiger partial charge in [0.15, 0.2) is 0 Å². The van der Waals surface area contributed by atoms with Crippen LogP contribution in [0.1, 0.15) is 24.1 Å². The van der Waals surface area contributed by atoms with Gasteiger partial charge in [-0.3, -0.25) is 0 Å². The van der Waals surface area contributed by atoms with E-state index in [0.717, 1.165) is 23.4 Å². The van der Waals surface area contributed by atoms with Crippen LogP contribution in [0.15, 0.2) is 54.6 Å². The summed E-state index contributed by atoms with van der Waals surface area (Å²) < 4.78 is 11.3. The van der Waals surface area contributed by atoms with Crippen molar-refractivity contribution in [2.24, 2.45) is 5.41 Å². The van der Waals surface area contributed by atoms with Gasteiger partial charge in [0.1, 0.15) is 12.4 Å². The Morgan fingerprint density at radius 3 is 2.50 bits per heavy atom. The monoisotopic (exact) mass is 327 g/mol. The lowest BCUT2D eigenvalue weighted by molar-refractivity contribution is -0.135. The first-order chi connectivity index (χ1) is 11.7. The zero-order valence-electron chi connectivity index (χ0n) is 14.1. The molecule has 0 aromatic heterocycles. The summed E-state index contributed by atoms with van der Waals surface area (Å²) >= 11 is 0. The smallest absolute Gasteiger partial charge is 0.124 e. The van der Waals surface area contributed by atoms with Gasteiger partial charge in [-0.15, -0.1) is 0 Å². The van der Waals surface area contributed by atoms with Crippen molar-refractivity contribution in [3.05, 3.63) is 65.7 Å². The Morgan fingerprint density at radius 2 is 1.83 bits per heavy atom. The average molecular weight is 327 g/mol. The minimum absolute atomic E-state index is 0.131. The Balaban J connectivity index is 1.62. The van der Waals surface area contributed by atoms with Gasteiger partial charge in [0, 0.05) is 18.2 Å². The van der Waals surface area contributed by atoms with Crippen LogP contribution in [0.3, 0.4) is 0 Å². The van der Waals surface area contributed by atoms with Gasteiger partial charge in [-0.05, 0) is 18.6 Å². The third kappa shape index (κ3) is 3.96. The molecule has 2 N–H and O–H groups in total. The van der Waals surface area contributed by atoms with Crippen LogP contribution in [0.4, 0.5) is 0 Å². The van der Waals surface area contributed by atoms with E-state index in [2.05, 4.69) is 30.4 Å². The highest BCUT2D eigenvalue weighted by Crippen LogP contribution is 2.29. The quantitative estimate of drug-likeness (QED) is 0.783. The summed E-state index contributed by atoms with van der Waals surface area (Å²) in [6.45, 7) is 4.80. The van der Waals surface area contributed by atoms with Gasteiger partial charge in [0.2, 0.25) is 0 Å². The van der Waals surface area contributed by atoms with Gasteiger partial charge in [-0.25, -0.2) is 0 Å². The highest BCUT2D eigenvalue weighted by molar-refractivity contribution is 5.36. The van der Waals surface area contributed by atoms with Crippen LogP contribution in [-0.4, -0.2) is 31.5 Å². The Hall–Kier alpha value is -1.88. The van der Waals surface area contributed by atoms with E-state index < -0.39 is 0 Å². The summed E-state index contributed by atoms with van der Waals surface area (Å²) in [7, 11) is 0. The molecular formula is C20H25NO3. The Labute approximate surface area is 143 Å². The highest BCUT2D eigenvalue weighted by Gasteiger charge is 2.38. The molecule has 1 unspecified atom stereocenters. The molecule has 0 saturated carbocycles. The molecule has 3 rings (SSSR count). The third-order valence-electron chi connectivity index (χ3n) is 4.56. The van der Waals surface area contributed by atoms with E-state index in [1.165, 1.54) is 0 Å². The number of ether oxygens (including phenoxy) is 2. The van der Waals surface area contributed by atoms with E-state index in [9.17, 15) is 5.11 Å². The normalized spacial score (nSPS) is 17.1. The van der Waals surface area contributed by atoms with Crippen molar-refractivity contribution in [2.45, 2.75) is 19.6 Å². The standard InChI is InChI=1S/C20H25NO3/c1-16(21-12-20(13-22)14-23-15-20)18-9-5-6-10-19(18)24-11-17-7-3-2-4-8-17/h2-10,16,21-22H,11-15H2,1H3. The number of benzene rings is 2.